The van der Waals surface area contributed by atoms with Gasteiger partial charge in [-0.3, -0.25) is 9.59 Å². The molecule has 1 amide bonds. The molecular formula is C20H29NO5S. The zero-order chi connectivity index (χ0) is 20.0. The summed E-state index contributed by atoms with van der Waals surface area (Å²) >= 11 is 0. The second-order valence-corrected chi connectivity index (χ2v) is 9.50. The number of hydrogen-bond donors (Lipinski definition) is 1. The van der Waals surface area contributed by atoms with E-state index in [0.717, 1.165) is 24.8 Å². The van der Waals surface area contributed by atoms with Crippen LogP contribution in [0.4, 0.5) is 0 Å². The Morgan fingerprint density at radius 1 is 1.19 bits per heavy atom. The van der Waals surface area contributed by atoms with E-state index < -0.39 is 21.9 Å². The molecule has 2 rings (SSSR count). The van der Waals surface area contributed by atoms with Gasteiger partial charge >= 0.3 is 5.97 Å². The second-order valence-electron chi connectivity index (χ2n) is 7.39. The fraction of sp³-hybridized carbons (Fsp3) is 0.600. The highest BCUT2D eigenvalue weighted by atomic mass is 32.2. The molecule has 0 aromatic heterocycles. The molecule has 0 saturated heterocycles. The summed E-state index contributed by atoms with van der Waals surface area (Å²) in [5.41, 5.74) is 0.959. The summed E-state index contributed by atoms with van der Waals surface area (Å²) in [6.45, 7) is 5.49. The van der Waals surface area contributed by atoms with Gasteiger partial charge in [-0.25, -0.2) is 8.42 Å². The molecule has 1 N–H and O–H groups in total. The van der Waals surface area contributed by atoms with E-state index in [4.69, 9.17) is 4.74 Å². The fourth-order valence-electron chi connectivity index (χ4n) is 3.22. The molecule has 1 aliphatic rings. The normalized spacial score (nSPS) is 21.3. The van der Waals surface area contributed by atoms with Gasteiger partial charge in [0, 0.05) is 6.04 Å². The summed E-state index contributed by atoms with van der Waals surface area (Å²) in [7, 11) is -3.56. The number of aryl methyl sites for hydroxylation is 1. The number of carbonyl (C=O) groups excluding carboxylic acids is 2. The van der Waals surface area contributed by atoms with Crippen LogP contribution < -0.4 is 5.32 Å². The Kier molecular flexibility index (Phi) is 7.41. The van der Waals surface area contributed by atoms with E-state index in [9.17, 15) is 18.0 Å². The molecule has 0 bridgehead atoms. The summed E-state index contributed by atoms with van der Waals surface area (Å²) in [5.74, 6) is -0.957. The standard InChI is InChI=1S/C20H29NO5S/c1-14-8-10-17(11-9-14)27(24,25)13-12-19(22)26-16(3)20(23)21-18-7-5-4-6-15(18)2/h8-11,15-16,18H,4-7,12-13H2,1-3H3,(H,21,23)/t15-,16+,18+/m0/s1. The van der Waals surface area contributed by atoms with Crippen molar-refractivity contribution in [3.05, 3.63) is 29.8 Å². The maximum Gasteiger partial charge on any atom is 0.307 e. The van der Waals surface area contributed by atoms with Crippen LogP contribution in [0.5, 0.6) is 0 Å². The molecule has 27 heavy (non-hydrogen) atoms. The van der Waals surface area contributed by atoms with Crippen LogP contribution in [0.3, 0.4) is 0 Å². The molecule has 1 fully saturated rings. The Balaban J connectivity index is 1.81. The Morgan fingerprint density at radius 3 is 2.44 bits per heavy atom. The van der Waals surface area contributed by atoms with E-state index in [-0.39, 0.29) is 29.0 Å². The van der Waals surface area contributed by atoms with Gasteiger partial charge in [-0.2, -0.15) is 0 Å². The van der Waals surface area contributed by atoms with E-state index in [1.807, 2.05) is 6.92 Å². The minimum atomic E-state index is -3.56. The van der Waals surface area contributed by atoms with Gasteiger partial charge in [0.1, 0.15) is 0 Å². The maximum atomic E-state index is 12.3. The summed E-state index contributed by atoms with van der Waals surface area (Å²) in [6.07, 6.45) is 3.05. The van der Waals surface area contributed by atoms with Crippen LogP contribution in [0.2, 0.25) is 0 Å². The Labute approximate surface area is 161 Å². The molecule has 1 aromatic rings. The van der Waals surface area contributed by atoms with Crippen LogP contribution in [-0.2, 0) is 24.2 Å². The molecular weight excluding hydrogens is 366 g/mol. The number of amides is 1. The lowest BCUT2D eigenvalue weighted by Crippen LogP contribution is -2.46. The van der Waals surface area contributed by atoms with Crippen molar-refractivity contribution >= 4 is 21.7 Å². The minimum Gasteiger partial charge on any atom is -0.453 e. The van der Waals surface area contributed by atoms with Crippen molar-refractivity contribution in [2.24, 2.45) is 5.92 Å². The van der Waals surface area contributed by atoms with Crippen LogP contribution in [0.25, 0.3) is 0 Å². The van der Waals surface area contributed by atoms with E-state index in [2.05, 4.69) is 12.2 Å². The van der Waals surface area contributed by atoms with E-state index in [1.54, 1.807) is 12.1 Å². The van der Waals surface area contributed by atoms with Crippen molar-refractivity contribution < 1.29 is 22.7 Å². The summed E-state index contributed by atoms with van der Waals surface area (Å²) < 4.78 is 29.7. The number of nitrogens with one attached hydrogen (secondary N) is 1. The number of hydrogen-bond acceptors (Lipinski definition) is 5. The average molecular weight is 396 g/mol. The SMILES string of the molecule is Cc1ccc(S(=O)(=O)CCC(=O)O[C@H](C)C(=O)N[C@@H]2CCCC[C@@H]2C)cc1. The molecule has 0 heterocycles. The lowest BCUT2D eigenvalue weighted by molar-refractivity contribution is -0.154. The average Bonchev–Trinajstić information content (AvgIpc) is 2.62. The molecule has 7 heteroatoms. The molecule has 3 atom stereocenters. The van der Waals surface area contributed by atoms with Crippen LogP contribution in [0.15, 0.2) is 29.2 Å². The molecule has 1 saturated carbocycles. The van der Waals surface area contributed by atoms with Crippen LogP contribution in [0, 0.1) is 12.8 Å². The van der Waals surface area contributed by atoms with E-state index >= 15 is 0 Å². The summed E-state index contributed by atoms with van der Waals surface area (Å²) in [5, 5.41) is 2.94. The number of sulfone groups is 1. The van der Waals surface area contributed by atoms with Gasteiger partial charge in [-0.15, -0.1) is 0 Å². The van der Waals surface area contributed by atoms with Crippen molar-refractivity contribution in [1.29, 1.82) is 0 Å². The van der Waals surface area contributed by atoms with E-state index in [1.165, 1.54) is 25.5 Å². The van der Waals surface area contributed by atoms with Crippen molar-refractivity contribution in [1.82, 2.24) is 5.32 Å². The van der Waals surface area contributed by atoms with Crippen molar-refractivity contribution in [2.75, 3.05) is 5.75 Å². The quantitative estimate of drug-likeness (QED) is 0.717. The van der Waals surface area contributed by atoms with Gasteiger partial charge in [0.05, 0.1) is 17.1 Å². The highest BCUT2D eigenvalue weighted by molar-refractivity contribution is 7.91. The zero-order valence-electron chi connectivity index (χ0n) is 16.2. The lowest BCUT2D eigenvalue weighted by Gasteiger charge is -2.30. The van der Waals surface area contributed by atoms with Crippen molar-refractivity contribution in [3.63, 3.8) is 0 Å². The first-order chi connectivity index (χ1) is 12.7. The van der Waals surface area contributed by atoms with E-state index in [0.29, 0.717) is 5.92 Å². The lowest BCUT2D eigenvalue weighted by atomic mass is 9.86. The highest BCUT2D eigenvalue weighted by Crippen LogP contribution is 2.23. The highest BCUT2D eigenvalue weighted by Gasteiger charge is 2.26. The largest absolute Gasteiger partial charge is 0.453 e. The maximum absolute atomic E-state index is 12.3. The van der Waals surface area contributed by atoms with Crippen LogP contribution >= 0.6 is 0 Å². The monoisotopic (exact) mass is 395 g/mol. The first-order valence-electron chi connectivity index (χ1n) is 9.48. The molecule has 150 valence electrons. The topological polar surface area (TPSA) is 89.5 Å². The third-order valence-electron chi connectivity index (χ3n) is 5.07. The zero-order valence-corrected chi connectivity index (χ0v) is 17.1. The van der Waals surface area contributed by atoms with Gasteiger partial charge in [0.15, 0.2) is 15.9 Å². The van der Waals surface area contributed by atoms with Gasteiger partial charge in [-0.05, 0) is 44.7 Å². The molecule has 0 aliphatic heterocycles. The van der Waals surface area contributed by atoms with Crippen LogP contribution in [0.1, 0.15) is 51.5 Å². The number of carbonyl (C=O) groups is 2. The first kappa shape index (κ1) is 21.4. The van der Waals surface area contributed by atoms with Crippen molar-refractivity contribution in [3.8, 4) is 0 Å². The molecule has 0 radical (unpaired) electrons. The predicted octanol–water partition coefficient (Wildman–Crippen LogP) is 2.79. The van der Waals surface area contributed by atoms with Crippen LogP contribution in [-0.4, -0.2) is 38.2 Å². The molecule has 0 unspecified atom stereocenters. The molecule has 1 aromatic carbocycles. The summed E-state index contributed by atoms with van der Waals surface area (Å²) in [6, 6.07) is 6.58. The summed E-state index contributed by atoms with van der Waals surface area (Å²) in [4.78, 5) is 24.4. The minimum absolute atomic E-state index is 0.106. The molecule has 0 spiro atoms. The predicted molar refractivity (Wildman–Crippen MR) is 103 cm³/mol. The number of ether oxygens (including phenoxy) is 1. The smallest absolute Gasteiger partial charge is 0.307 e. The van der Waals surface area contributed by atoms with Crippen molar-refractivity contribution in [2.45, 2.75) is 69.9 Å². The Bertz CT molecular complexity index is 757. The first-order valence-corrected chi connectivity index (χ1v) is 11.1. The fourth-order valence-corrected chi connectivity index (χ4v) is 4.44. The third kappa shape index (κ3) is 6.34. The molecule has 6 nitrogen and oxygen atoms in total. The number of benzene rings is 1. The number of esters is 1. The number of rotatable bonds is 7. The Morgan fingerprint density at radius 2 is 1.81 bits per heavy atom. The Hall–Kier alpha value is -1.89. The third-order valence-corrected chi connectivity index (χ3v) is 6.80. The molecule has 1 aliphatic carbocycles. The van der Waals surface area contributed by atoms with Gasteiger partial charge in [0.2, 0.25) is 0 Å². The second kappa shape index (κ2) is 9.35. The van der Waals surface area contributed by atoms with Gasteiger partial charge in [0.25, 0.3) is 5.91 Å². The van der Waals surface area contributed by atoms with Gasteiger partial charge in [-0.1, -0.05) is 37.5 Å². The van der Waals surface area contributed by atoms with Gasteiger partial charge < -0.3 is 10.1 Å².